The van der Waals surface area contributed by atoms with Crippen LogP contribution in [0.5, 0.6) is 11.5 Å². The topological polar surface area (TPSA) is 48.8 Å². The van der Waals surface area contributed by atoms with Crippen LogP contribution in [0.3, 0.4) is 0 Å². The van der Waals surface area contributed by atoms with E-state index < -0.39 is 0 Å². The Morgan fingerprint density at radius 1 is 1.11 bits per heavy atom. The van der Waals surface area contributed by atoms with Crippen LogP contribution in [-0.2, 0) is 4.74 Å². The van der Waals surface area contributed by atoms with E-state index in [0.29, 0.717) is 18.2 Å². The molecule has 150 valence electrons. The summed E-state index contributed by atoms with van der Waals surface area (Å²) in [6.07, 6.45) is 8.22. The highest BCUT2D eigenvalue weighted by atomic mass is 16.5. The van der Waals surface area contributed by atoms with Crippen LogP contribution >= 0.6 is 0 Å². The number of aryl methyl sites for hydroxylation is 1. The molecule has 3 heterocycles. The Morgan fingerprint density at radius 3 is 2.71 bits per heavy atom. The average Bonchev–Trinajstić information content (AvgIpc) is 3.28. The molecule has 1 aromatic carbocycles. The van der Waals surface area contributed by atoms with Crippen LogP contribution in [0.2, 0.25) is 0 Å². The third kappa shape index (κ3) is 3.08. The van der Waals surface area contributed by atoms with Crippen LogP contribution in [0.1, 0.15) is 30.9 Å². The maximum atomic E-state index is 6.18. The maximum Gasteiger partial charge on any atom is 0.171 e. The van der Waals surface area contributed by atoms with Gasteiger partial charge < -0.3 is 18.8 Å². The molecule has 0 unspecified atom stereocenters. The lowest BCUT2D eigenvalue weighted by Gasteiger charge is -2.35. The average molecular weight is 383 g/mol. The van der Waals surface area contributed by atoms with Crippen molar-refractivity contribution in [1.82, 2.24) is 14.5 Å². The number of ether oxygens (including phenoxy) is 3. The molecular formula is C22H29N3O3. The minimum Gasteiger partial charge on any atom is -0.493 e. The zero-order valence-corrected chi connectivity index (χ0v) is 16.9. The van der Waals surface area contributed by atoms with Gasteiger partial charge in [-0.1, -0.05) is 0 Å². The number of morpholine rings is 1. The Labute approximate surface area is 166 Å². The second-order valence-electron chi connectivity index (χ2n) is 8.41. The molecule has 1 aromatic heterocycles. The van der Waals surface area contributed by atoms with Gasteiger partial charge in [-0.15, -0.1) is 0 Å². The van der Waals surface area contributed by atoms with Gasteiger partial charge in [0, 0.05) is 37.6 Å². The number of benzene rings is 1. The van der Waals surface area contributed by atoms with E-state index in [4.69, 9.17) is 19.2 Å². The molecule has 1 aliphatic carbocycles. The fraction of sp³-hybridized carbons (Fsp3) is 0.591. The van der Waals surface area contributed by atoms with Crippen LogP contribution in [-0.4, -0.2) is 60.5 Å². The molecule has 3 aliphatic rings. The van der Waals surface area contributed by atoms with Crippen LogP contribution < -0.4 is 9.47 Å². The van der Waals surface area contributed by atoms with Crippen molar-refractivity contribution in [3.05, 3.63) is 30.1 Å². The summed E-state index contributed by atoms with van der Waals surface area (Å²) >= 11 is 0. The summed E-state index contributed by atoms with van der Waals surface area (Å²) in [4.78, 5) is 7.34. The molecule has 0 amide bonds. The van der Waals surface area contributed by atoms with Crippen LogP contribution in [0, 0.1) is 12.8 Å². The molecule has 6 heteroatoms. The van der Waals surface area contributed by atoms with Crippen molar-refractivity contribution in [2.75, 3.05) is 33.9 Å². The van der Waals surface area contributed by atoms with E-state index in [0.717, 1.165) is 60.5 Å². The molecule has 6 nitrogen and oxygen atoms in total. The van der Waals surface area contributed by atoms with Gasteiger partial charge in [0.15, 0.2) is 11.5 Å². The molecule has 2 saturated heterocycles. The molecule has 3 fully saturated rings. The van der Waals surface area contributed by atoms with Gasteiger partial charge in [-0.25, -0.2) is 4.98 Å². The van der Waals surface area contributed by atoms with Gasteiger partial charge in [-0.3, -0.25) is 4.90 Å². The summed E-state index contributed by atoms with van der Waals surface area (Å²) in [5.74, 6) is 3.24. The molecule has 0 spiro atoms. The van der Waals surface area contributed by atoms with Gasteiger partial charge in [-0.2, -0.15) is 0 Å². The van der Waals surface area contributed by atoms with E-state index in [1.807, 2.05) is 12.3 Å². The van der Waals surface area contributed by atoms with E-state index in [2.05, 4.69) is 28.7 Å². The highest BCUT2D eigenvalue weighted by Crippen LogP contribution is 2.42. The molecule has 1 saturated carbocycles. The Kier molecular flexibility index (Phi) is 4.56. The van der Waals surface area contributed by atoms with Crippen molar-refractivity contribution in [3.63, 3.8) is 0 Å². The Hall–Kier alpha value is -2.05. The summed E-state index contributed by atoms with van der Waals surface area (Å²) in [5, 5.41) is 0. The predicted octanol–water partition coefficient (Wildman–Crippen LogP) is 3.30. The van der Waals surface area contributed by atoms with Crippen molar-refractivity contribution in [1.29, 1.82) is 0 Å². The van der Waals surface area contributed by atoms with Crippen molar-refractivity contribution in [2.24, 2.45) is 5.92 Å². The van der Waals surface area contributed by atoms with Crippen LogP contribution in [0.15, 0.2) is 24.5 Å². The summed E-state index contributed by atoms with van der Waals surface area (Å²) in [6, 6.07) is 5.06. The SMILES string of the molecule is COc1cc(C)cc(-c2nccn2[C@@H]2C[C@H]3CO[C@H](C4CC4)CN3C2)c1OC. The molecule has 28 heavy (non-hydrogen) atoms. The number of rotatable bonds is 5. The molecule has 0 radical (unpaired) electrons. The van der Waals surface area contributed by atoms with Gasteiger partial charge in [-0.05, 0) is 49.8 Å². The molecule has 2 aromatic rings. The Bertz CT molecular complexity index is 861. The van der Waals surface area contributed by atoms with E-state index in [1.165, 1.54) is 12.8 Å². The summed E-state index contributed by atoms with van der Waals surface area (Å²) in [7, 11) is 3.37. The number of imidazole rings is 1. The molecule has 2 aliphatic heterocycles. The number of methoxy groups -OCH3 is 2. The lowest BCUT2D eigenvalue weighted by Crippen LogP contribution is -2.46. The first-order valence-electron chi connectivity index (χ1n) is 10.3. The fourth-order valence-corrected chi connectivity index (χ4v) is 4.91. The monoisotopic (exact) mass is 383 g/mol. The molecular weight excluding hydrogens is 354 g/mol. The number of nitrogens with zero attached hydrogens (tertiary/aromatic N) is 3. The van der Waals surface area contributed by atoms with Gasteiger partial charge in [0.25, 0.3) is 0 Å². The minimum atomic E-state index is 0.403. The van der Waals surface area contributed by atoms with Gasteiger partial charge in [0.1, 0.15) is 5.82 Å². The molecule has 3 atom stereocenters. The smallest absolute Gasteiger partial charge is 0.171 e. The quantitative estimate of drug-likeness (QED) is 0.793. The minimum absolute atomic E-state index is 0.403. The molecule has 0 bridgehead atoms. The fourth-order valence-electron chi connectivity index (χ4n) is 4.91. The number of aromatic nitrogens is 2. The second kappa shape index (κ2) is 7.08. The van der Waals surface area contributed by atoms with Gasteiger partial charge in [0.05, 0.1) is 32.5 Å². The van der Waals surface area contributed by atoms with Crippen LogP contribution in [0.25, 0.3) is 11.4 Å². The second-order valence-corrected chi connectivity index (χ2v) is 8.41. The Morgan fingerprint density at radius 2 is 1.96 bits per heavy atom. The van der Waals surface area contributed by atoms with E-state index >= 15 is 0 Å². The number of hydrogen-bond acceptors (Lipinski definition) is 5. The van der Waals surface area contributed by atoms with Crippen LogP contribution in [0.4, 0.5) is 0 Å². The standard InChI is InChI=1S/C22H29N3O3/c1-14-8-18(21(27-3)19(9-14)26-2)22-23-6-7-25(22)16-10-17-13-28-20(15-4-5-15)12-24(17)11-16/h6-9,15-17,20H,4-5,10-13H2,1-3H3/t16-,17+,20+/m1/s1. The van der Waals surface area contributed by atoms with E-state index in [9.17, 15) is 0 Å². The number of hydrogen-bond donors (Lipinski definition) is 0. The third-order valence-corrected chi connectivity index (χ3v) is 6.50. The maximum absolute atomic E-state index is 6.18. The third-order valence-electron chi connectivity index (χ3n) is 6.50. The lowest BCUT2D eigenvalue weighted by molar-refractivity contribution is -0.0581. The summed E-state index contributed by atoms with van der Waals surface area (Å²) in [5.41, 5.74) is 2.12. The lowest BCUT2D eigenvalue weighted by atomic mass is 10.1. The zero-order chi connectivity index (χ0) is 19.3. The summed E-state index contributed by atoms with van der Waals surface area (Å²) < 4.78 is 19.7. The van der Waals surface area contributed by atoms with Gasteiger partial charge in [0.2, 0.25) is 0 Å². The molecule has 0 N–H and O–H groups in total. The predicted molar refractivity (Wildman–Crippen MR) is 107 cm³/mol. The van der Waals surface area contributed by atoms with Crippen molar-refractivity contribution in [2.45, 2.75) is 44.4 Å². The normalized spacial score (nSPS) is 27.6. The van der Waals surface area contributed by atoms with Crippen molar-refractivity contribution < 1.29 is 14.2 Å². The zero-order valence-electron chi connectivity index (χ0n) is 16.9. The first-order valence-corrected chi connectivity index (χ1v) is 10.3. The first-order chi connectivity index (χ1) is 13.7. The highest BCUT2D eigenvalue weighted by Gasteiger charge is 2.43. The van der Waals surface area contributed by atoms with E-state index in [-0.39, 0.29) is 0 Å². The number of fused-ring (bicyclic) bond motifs is 1. The first kappa shape index (κ1) is 18.0. The highest BCUT2D eigenvalue weighted by molar-refractivity contribution is 5.70. The Balaban J connectivity index is 1.44. The van der Waals surface area contributed by atoms with Crippen molar-refractivity contribution >= 4 is 0 Å². The van der Waals surface area contributed by atoms with Crippen molar-refractivity contribution in [3.8, 4) is 22.9 Å². The van der Waals surface area contributed by atoms with E-state index in [1.54, 1.807) is 14.2 Å². The largest absolute Gasteiger partial charge is 0.493 e. The summed E-state index contributed by atoms with van der Waals surface area (Å²) in [6.45, 7) is 5.08. The van der Waals surface area contributed by atoms with Gasteiger partial charge >= 0.3 is 0 Å². The molecule has 5 rings (SSSR count).